The summed E-state index contributed by atoms with van der Waals surface area (Å²) in [6.07, 6.45) is 6.54. The number of allylic oxidation sites excluding steroid dienone is 1. The van der Waals surface area contributed by atoms with Crippen molar-refractivity contribution in [1.29, 1.82) is 0 Å². The lowest BCUT2D eigenvalue weighted by Crippen LogP contribution is -2.32. The topological polar surface area (TPSA) is 85.2 Å². The summed E-state index contributed by atoms with van der Waals surface area (Å²) in [5.41, 5.74) is 1.76. The van der Waals surface area contributed by atoms with Gasteiger partial charge in [0.1, 0.15) is 6.33 Å². The van der Waals surface area contributed by atoms with E-state index < -0.39 is 11.6 Å². The summed E-state index contributed by atoms with van der Waals surface area (Å²) < 4.78 is 3.48. The molecule has 0 aromatic carbocycles. The monoisotopic (exact) mass is 354 g/mol. The highest BCUT2D eigenvalue weighted by Crippen LogP contribution is 2.40. The molecule has 8 heteroatoms. The van der Waals surface area contributed by atoms with Crippen LogP contribution < -0.4 is 9.86 Å². The zero-order valence-electron chi connectivity index (χ0n) is 13.4. The molecule has 7 nitrogen and oxygen atoms in total. The normalized spacial score (nSPS) is 16.4. The Morgan fingerprint density at radius 2 is 2.04 bits per heavy atom. The van der Waals surface area contributed by atoms with Gasteiger partial charge in [-0.25, -0.2) is 9.97 Å². The Balaban J connectivity index is 2.13. The lowest BCUT2D eigenvalue weighted by atomic mass is 9.93. The second kappa shape index (κ2) is 5.96. The summed E-state index contributed by atoms with van der Waals surface area (Å²) in [6.45, 7) is 0.735. The van der Waals surface area contributed by atoms with Crippen molar-refractivity contribution in [3.05, 3.63) is 46.1 Å². The molecular formula is C17H14N4O3S. The molecule has 0 bridgehead atoms. The van der Waals surface area contributed by atoms with Crippen molar-refractivity contribution in [3.63, 3.8) is 0 Å². The first kappa shape index (κ1) is 15.8. The molecule has 25 heavy (non-hydrogen) atoms. The fourth-order valence-electron chi connectivity index (χ4n) is 3.13. The molecule has 0 amide bonds. The number of aromatic nitrogens is 3. The fraction of sp³-hybridized carbons (Fsp3) is 0.235. The zero-order chi connectivity index (χ0) is 17.6. The number of hydrogen-bond acceptors (Lipinski definition) is 7. The highest BCUT2D eigenvalue weighted by atomic mass is 32.2. The van der Waals surface area contributed by atoms with Crippen LogP contribution in [-0.2, 0) is 11.8 Å². The SMILES string of the molecule is Cn1c(-c2ccncn2)c(N2CCCS2)c2c(c1=O)C=CC(=O)C2=O. The molecule has 1 aliphatic heterocycles. The lowest BCUT2D eigenvalue weighted by Gasteiger charge is -2.26. The first-order valence-electron chi connectivity index (χ1n) is 7.80. The molecule has 3 heterocycles. The Kier molecular flexibility index (Phi) is 3.76. The maximum atomic E-state index is 12.8. The maximum Gasteiger partial charge on any atom is 0.258 e. The number of carbonyl (C=O) groups excluding carboxylic acids is 2. The molecule has 2 aliphatic rings. The van der Waals surface area contributed by atoms with E-state index >= 15 is 0 Å². The van der Waals surface area contributed by atoms with Gasteiger partial charge >= 0.3 is 0 Å². The third-order valence-corrected chi connectivity index (χ3v) is 5.43. The Bertz CT molecular complexity index is 976. The standard InChI is InChI=1S/C17H14N4O3S/c1-20-14(11-5-6-18-9-19-11)15(21-7-2-8-25-21)13-10(17(20)24)3-4-12(22)16(13)23/h3-6,9H,2,7-8H2,1H3. The molecule has 2 aromatic heterocycles. The quantitative estimate of drug-likeness (QED) is 0.596. The minimum Gasteiger partial charge on any atom is -0.313 e. The van der Waals surface area contributed by atoms with Crippen LogP contribution in [0.25, 0.3) is 17.5 Å². The molecule has 0 saturated carbocycles. The van der Waals surface area contributed by atoms with Crippen molar-refractivity contribution >= 4 is 35.3 Å². The van der Waals surface area contributed by atoms with E-state index in [0.29, 0.717) is 17.1 Å². The molecule has 1 fully saturated rings. The highest BCUT2D eigenvalue weighted by molar-refractivity contribution is 8.00. The number of anilines is 1. The molecular weight excluding hydrogens is 340 g/mol. The minimum absolute atomic E-state index is 0.179. The first-order chi connectivity index (χ1) is 12.1. The summed E-state index contributed by atoms with van der Waals surface area (Å²) in [5.74, 6) is -0.341. The number of nitrogens with zero attached hydrogens (tertiary/aromatic N) is 4. The van der Waals surface area contributed by atoms with E-state index in [1.807, 2.05) is 4.31 Å². The van der Waals surface area contributed by atoms with E-state index in [4.69, 9.17) is 0 Å². The van der Waals surface area contributed by atoms with Gasteiger partial charge in [0.05, 0.1) is 28.2 Å². The molecule has 0 spiro atoms. The minimum atomic E-state index is -0.645. The average Bonchev–Trinajstić information content (AvgIpc) is 3.16. The van der Waals surface area contributed by atoms with Crippen LogP contribution in [0.3, 0.4) is 0 Å². The number of pyridine rings is 1. The van der Waals surface area contributed by atoms with Crippen LogP contribution >= 0.6 is 11.9 Å². The highest BCUT2D eigenvalue weighted by Gasteiger charge is 2.34. The van der Waals surface area contributed by atoms with Crippen LogP contribution in [0.5, 0.6) is 0 Å². The largest absolute Gasteiger partial charge is 0.313 e. The first-order valence-corrected chi connectivity index (χ1v) is 8.74. The van der Waals surface area contributed by atoms with Gasteiger partial charge in [-0.3, -0.25) is 14.4 Å². The van der Waals surface area contributed by atoms with E-state index in [9.17, 15) is 14.4 Å². The van der Waals surface area contributed by atoms with Crippen molar-refractivity contribution in [2.24, 2.45) is 7.05 Å². The summed E-state index contributed by atoms with van der Waals surface area (Å²) in [5, 5.41) is 0. The summed E-state index contributed by atoms with van der Waals surface area (Å²) in [7, 11) is 1.65. The Hall–Kier alpha value is -2.74. The molecule has 126 valence electrons. The van der Waals surface area contributed by atoms with Gasteiger partial charge in [0.25, 0.3) is 5.56 Å². The maximum absolute atomic E-state index is 12.8. The number of ketones is 2. The lowest BCUT2D eigenvalue weighted by molar-refractivity contribution is -0.110. The predicted molar refractivity (Wildman–Crippen MR) is 95.5 cm³/mol. The molecule has 1 aliphatic carbocycles. The van der Waals surface area contributed by atoms with Crippen molar-refractivity contribution in [3.8, 4) is 11.4 Å². The summed E-state index contributed by atoms with van der Waals surface area (Å²) in [4.78, 5) is 45.6. The van der Waals surface area contributed by atoms with Gasteiger partial charge in [0.15, 0.2) is 0 Å². The van der Waals surface area contributed by atoms with Crippen LogP contribution in [-0.4, -0.2) is 38.4 Å². The Morgan fingerprint density at radius 1 is 1.20 bits per heavy atom. The smallest absolute Gasteiger partial charge is 0.258 e. The van der Waals surface area contributed by atoms with Gasteiger partial charge < -0.3 is 8.87 Å². The Labute approximate surface area is 147 Å². The molecule has 4 rings (SSSR count). The fourth-order valence-corrected chi connectivity index (χ4v) is 4.17. The van der Waals surface area contributed by atoms with E-state index in [2.05, 4.69) is 9.97 Å². The van der Waals surface area contributed by atoms with E-state index in [-0.39, 0.29) is 16.7 Å². The van der Waals surface area contributed by atoms with E-state index in [0.717, 1.165) is 24.8 Å². The number of carbonyl (C=O) groups is 2. The molecule has 0 radical (unpaired) electrons. The average molecular weight is 354 g/mol. The molecule has 2 aromatic rings. The second-order valence-electron chi connectivity index (χ2n) is 5.76. The number of fused-ring (bicyclic) bond motifs is 1. The zero-order valence-corrected chi connectivity index (χ0v) is 14.2. The third kappa shape index (κ3) is 2.41. The van der Waals surface area contributed by atoms with Gasteiger partial charge in [-0.1, -0.05) is 0 Å². The number of rotatable bonds is 2. The number of Topliss-reactive ketones (excluding diaryl/α,β-unsaturated/α-hetero) is 1. The van der Waals surface area contributed by atoms with Crippen molar-refractivity contribution < 1.29 is 9.59 Å². The summed E-state index contributed by atoms with van der Waals surface area (Å²) >= 11 is 1.58. The van der Waals surface area contributed by atoms with Gasteiger partial charge in [0, 0.05) is 25.5 Å². The van der Waals surface area contributed by atoms with E-state index in [1.54, 1.807) is 31.3 Å². The van der Waals surface area contributed by atoms with Crippen LogP contribution in [0.2, 0.25) is 0 Å². The van der Waals surface area contributed by atoms with Crippen LogP contribution in [0.15, 0.2) is 29.5 Å². The van der Waals surface area contributed by atoms with Crippen molar-refractivity contribution in [2.45, 2.75) is 6.42 Å². The van der Waals surface area contributed by atoms with Crippen molar-refractivity contribution in [1.82, 2.24) is 14.5 Å². The van der Waals surface area contributed by atoms with Gasteiger partial charge in [-0.2, -0.15) is 0 Å². The van der Waals surface area contributed by atoms with E-state index in [1.165, 1.54) is 17.0 Å². The molecule has 0 unspecified atom stereocenters. The summed E-state index contributed by atoms with van der Waals surface area (Å²) in [6, 6.07) is 1.69. The Morgan fingerprint density at radius 3 is 2.72 bits per heavy atom. The van der Waals surface area contributed by atoms with Gasteiger partial charge in [-0.15, -0.1) is 0 Å². The van der Waals surface area contributed by atoms with Gasteiger partial charge in [-0.05, 0) is 36.6 Å². The van der Waals surface area contributed by atoms with Crippen LogP contribution in [0.4, 0.5) is 5.69 Å². The molecule has 1 saturated heterocycles. The molecule has 0 N–H and O–H groups in total. The van der Waals surface area contributed by atoms with Crippen LogP contribution in [0, 0.1) is 0 Å². The van der Waals surface area contributed by atoms with Crippen molar-refractivity contribution in [2.75, 3.05) is 16.6 Å². The van der Waals surface area contributed by atoms with Gasteiger partial charge in [0.2, 0.25) is 11.6 Å². The van der Waals surface area contributed by atoms with Crippen LogP contribution in [0.1, 0.15) is 22.3 Å². The molecule has 0 atom stereocenters. The number of hydrogen-bond donors (Lipinski definition) is 0. The third-order valence-electron chi connectivity index (χ3n) is 4.28. The second-order valence-corrected chi connectivity index (χ2v) is 6.87. The predicted octanol–water partition coefficient (Wildman–Crippen LogP) is 1.48.